The van der Waals surface area contributed by atoms with Crippen LogP contribution in [0.4, 0.5) is 0 Å². The molecule has 128 valence electrons. The second-order valence-electron chi connectivity index (χ2n) is 5.34. The van der Waals surface area contributed by atoms with Crippen LogP contribution >= 0.6 is 11.6 Å². The number of pyridine rings is 1. The summed E-state index contributed by atoms with van der Waals surface area (Å²) in [5.41, 5.74) is 3.50. The van der Waals surface area contributed by atoms with Crippen LogP contribution in [0, 0.1) is 0 Å². The molecule has 2 N–H and O–H groups in total. The van der Waals surface area contributed by atoms with E-state index in [1.54, 1.807) is 26.4 Å². The highest BCUT2D eigenvalue weighted by atomic mass is 35.5. The standard InChI is InChI=1S/C18H23ClN4O/c1-20-18(21-10-9-15-7-8-17(19)22-11-15)23-12-14-3-5-16(6-4-14)13-24-2/h3-8,11H,9-10,12-13H2,1-2H3,(H2,20,21,23). The lowest BCUT2D eigenvalue weighted by Gasteiger charge is -2.12. The molecule has 5 nitrogen and oxygen atoms in total. The summed E-state index contributed by atoms with van der Waals surface area (Å²) >= 11 is 5.78. The van der Waals surface area contributed by atoms with E-state index in [0.717, 1.165) is 31.0 Å². The summed E-state index contributed by atoms with van der Waals surface area (Å²) in [4.78, 5) is 8.31. The molecule has 0 unspecified atom stereocenters. The van der Waals surface area contributed by atoms with Crippen molar-refractivity contribution < 1.29 is 4.74 Å². The minimum atomic E-state index is 0.515. The Morgan fingerprint density at radius 3 is 2.42 bits per heavy atom. The van der Waals surface area contributed by atoms with Crippen LogP contribution in [0.2, 0.25) is 5.15 Å². The summed E-state index contributed by atoms with van der Waals surface area (Å²) < 4.78 is 5.11. The molecule has 0 aliphatic heterocycles. The summed E-state index contributed by atoms with van der Waals surface area (Å²) in [6, 6.07) is 12.1. The number of hydrogen-bond donors (Lipinski definition) is 2. The molecule has 0 saturated carbocycles. The van der Waals surface area contributed by atoms with E-state index in [-0.39, 0.29) is 0 Å². The fraction of sp³-hybridized carbons (Fsp3) is 0.333. The quantitative estimate of drug-likeness (QED) is 0.460. The number of aromatic nitrogens is 1. The molecule has 1 aromatic carbocycles. The molecule has 0 radical (unpaired) electrons. The average molecular weight is 347 g/mol. The van der Waals surface area contributed by atoms with Crippen molar-refractivity contribution in [2.75, 3.05) is 20.7 Å². The number of methoxy groups -OCH3 is 1. The van der Waals surface area contributed by atoms with Crippen LogP contribution in [0.15, 0.2) is 47.6 Å². The third-order valence-corrected chi connectivity index (χ3v) is 3.74. The van der Waals surface area contributed by atoms with Crippen molar-refractivity contribution in [1.29, 1.82) is 0 Å². The van der Waals surface area contributed by atoms with Gasteiger partial charge in [0.1, 0.15) is 5.15 Å². The number of aliphatic imine (C=N–C) groups is 1. The molecule has 0 spiro atoms. The third-order valence-electron chi connectivity index (χ3n) is 3.51. The Balaban J connectivity index is 1.74. The number of halogens is 1. The molecule has 0 atom stereocenters. The van der Waals surface area contributed by atoms with Crippen LogP contribution in [0.3, 0.4) is 0 Å². The van der Waals surface area contributed by atoms with Crippen LogP contribution in [0.5, 0.6) is 0 Å². The summed E-state index contributed by atoms with van der Waals surface area (Å²) in [6.07, 6.45) is 2.65. The average Bonchev–Trinajstić information content (AvgIpc) is 2.61. The SMILES string of the molecule is CN=C(NCCc1ccc(Cl)nc1)NCc1ccc(COC)cc1. The topological polar surface area (TPSA) is 58.5 Å². The molecular weight excluding hydrogens is 324 g/mol. The first-order valence-corrected chi connectivity index (χ1v) is 8.20. The van der Waals surface area contributed by atoms with Gasteiger partial charge >= 0.3 is 0 Å². The first-order valence-electron chi connectivity index (χ1n) is 7.83. The number of nitrogens with zero attached hydrogens (tertiary/aromatic N) is 2. The molecule has 2 aromatic rings. The molecule has 24 heavy (non-hydrogen) atoms. The number of ether oxygens (including phenoxy) is 1. The van der Waals surface area contributed by atoms with E-state index < -0.39 is 0 Å². The first kappa shape index (κ1) is 18.2. The number of guanidine groups is 1. The largest absolute Gasteiger partial charge is 0.380 e. The molecule has 0 amide bonds. The molecule has 6 heteroatoms. The van der Waals surface area contributed by atoms with Gasteiger partial charge in [-0.1, -0.05) is 41.9 Å². The molecule has 0 aliphatic carbocycles. The molecule has 1 aromatic heterocycles. The summed E-state index contributed by atoms with van der Waals surface area (Å²) in [5, 5.41) is 7.11. The van der Waals surface area contributed by atoms with Crippen LogP contribution in [-0.2, 0) is 24.3 Å². The van der Waals surface area contributed by atoms with Crippen molar-refractivity contribution in [3.8, 4) is 0 Å². The monoisotopic (exact) mass is 346 g/mol. The fourth-order valence-corrected chi connectivity index (χ4v) is 2.32. The van der Waals surface area contributed by atoms with Crippen molar-refractivity contribution in [1.82, 2.24) is 15.6 Å². The van der Waals surface area contributed by atoms with Gasteiger partial charge in [-0.15, -0.1) is 0 Å². The normalized spacial score (nSPS) is 11.4. The number of benzene rings is 1. The maximum absolute atomic E-state index is 5.78. The highest BCUT2D eigenvalue weighted by Crippen LogP contribution is 2.06. The lowest BCUT2D eigenvalue weighted by molar-refractivity contribution is 0.185. The minimum absolute atomic E-state index is 0.515. The zero-order chi connectivity index (χ0) is 17.2. The van der Waals surface area contributed by atoms with Gasteiger partial charge in [-0.2, -0.15) is 0 Å². The van der Waals surface area contributed by atoms with Crippen molar-refractivity contribution in [2.45, 2.75) is 19.6 Å². The van der Waals surface area contributed by atoms with Gasteiger partial charge in [0.25, 0.3) is 0 Å². The maximum atomic E-state index is 5.78. The molecule has 1 heterocycles. The maximum Gasteiger partial charge on any atom is 0.191 e. The van der Waals surface area contributed by atoms with E-state index in [1.807, 2.05) is 6.07 Å². The third kappa shape index (κ3) is 6.18. The smallest absolute Gasteiger partial charge is 0.191 e. The van der Waals surface area contributed by atoms with Gasteiger partial charge in [-0.05, 0) is 29.2 Å². The van der Waals surface area contributed by atoms with E-state index in [0.29, 0.717) is 11.8 Å². The van der Waals surface area contributed by atoms with E-state index in [9.17, 15) is 0 Å². The van der Waals surface area contributed by atoms with Gasteiger partial charge in [0.15, 0.2) is 5.96 Å². The fourth-order valence-electron chi connectivity index (χ4n) is 2.21. The van der Waals surface area contributed by atoms with Crippen molar-refractivity contribution in [3.63, 3.8) is 0 Å². The molecule has 0 fully saturated rings. The van der Waals surface area contributed by atoms with Gasteiger partial charge in [0.2, 0.25) is 0 Å². The van der Waals surface area contributed by atoms with Gasteiger partial charge in [-0.25, -0.2) is 4.98 Å². The Morgan fingerprint density at radius 1 is 1.08 bits per heavy atom. The Morgan fingerprint density at radius 2 is 1.79 bits per heavy atom. The summed E-state index contributed by atoms with van der Waals surface area (Å²) in [5.74, 6) is 0.776. The number of hydrogen-bond acceptors (Lipinski definition) is 3. The van der Waals surface area contributed by atoms with E-state index in [4.69, 9.17) is 16.3 Å². The van der Waals surface area contributed by atoms with Crippen LogP contribution in [-0.4, -0.2) is 31.6 Å². The van der Waals surface area contributed by atoms with E-state index in [2.05, 4.69) is 44.9 Å². The Kier molecular flexibility index (Phi) is 7.52. The van der Waals surface area contributed by atoms with Crippen LogP contribution in [0.1, 0.15) is 16.7 Å². The van der Waals surface area contributed by atoms with E-state index >= 15 is 0 Å². The number of rotatable bonds is 7. The highest BCUT2D eigenvalue weighted by molar-refractivity contribution is 6.29. The van der Waals surface area contributed by atoms with Crippen LogP contribution in [0.25, 0.3) is 0 Å². The molecular formula is C18H23ClN4O. The molecule has 0 bridgehead atoms. The van der Waals surface area contributed by atoms with Gasteiger partial charge < -0.3 is 15.4 Å². The predicted molar refractivity (Wildman–Crippen MR) is 98.3 cm³/mol. The van der Waals surface area contributed by atoms with Gasteiger partial charge in [0.05, 0.1) is 6.61 Å². The zero-order valence-corrected chi connectivity index (χ0v) is 14.8. The highest BCUT2D eigenvalue weighted by Gasteiger charge is 2.00. The lowest BCUT2D eigenvalue weighted by Crippen LogP contribution is -2.37. The molecule has 2 rings (SSSR count). The molecule has 0 saturated heterocycles. The summed E-state index contributed by atoms with van der Waals surface area (Å²) in [7, 11) is 3.46. The Bertz CT molecular complexity index is 641. The van der Waals surface area contributed by atoms with E-state index in [1.165, 1.54) is 11.1 Å². The van der Waals surface area contributed by atoms with Crippen molar-refractivity contribution >= 4 is 17.6 Å². The second-order valence-corrected chi connectivity index (χ2v) is 5.73. The number of nitrogens with one attached hydrogen (secondary N) is 2. The first-order chi connectivity index (χ1) is 11.7. The zero-order valence-electron chi connectivity index (χ0n) is 14.1. The van der Waals surface area contributed by atoms with Crippen molar-refractivity contribution in [2.24, 2.45) is 4.99 Å². The lowest BCUT2D eigenvalue weighted by atomic mass is 10.1. The molecule has 0 aliphatic rings. The predicted octanol–water partition coefficient (Wildman–Crippen LogP) is 2.79. The Hall–Kier alpha value is -2.11. The van der Waals surface area contributed by atoms with Crippen molar-refractivity contribution in [3.05, 3.63) is 64.4 Å². The summed E-state index contributed by atoms with van der Waals surface area (Å²) in [6.45, 7) is 2.13. The second kappa shape index (κ2) is 9.90. The minimum Gasteiger partial charge on any atom is -0.380 e. The van der Waals surface area contributed by atoms with Gasteiger partial charge in [0, 0.05) is 33.4 Å². The Labute approximate surface area is 148 Å². The van der Waals surface area contributed by atoms with Gasteiger partial charge in [-0.3, -0.25) is 4.99 Å². The van der Waals surface area contributed by atoms with Crippen LogP contribution < -0.4 is 10.6 Å².